The highest BCUT2D eigenvalue weighted by Crippen LogP contribution is 2.51. The van der Waals surface area contributed by atoms with Gasteiger partial charge in [-0.25, -0.2) is 9.50 Å². The SMILES string of the molecule is CC1CC2CCCC(c3ncc4c(=O)[nH]c(C5CNCC5C)nn34)(C1)C2. The van der Waals surface area contributed by atoms with Crippen molar-refractivity contribution < 1.29 is 0 Å². The van der Waals surface area contributed by atoms with E-state index in [9.17, 15) is 4.79 Å². The Labute approximate surface area is 153 Å². The van der Waals surface area contributed by atoms with Crippen LogP contribution in [0.5, 0.6) is 0 Å². The van der Waals surface area contributed by atoms with E-state index in [1.165, 1.54) is 38.5 Å². The van der Waals surface area contributed by atoms with Gasteiger partial charge in [0, 0.05) is 17.9 Å². The summed E-state index contributed by atoms with van der Waals surface area (Å²) in [6, 6.07) is 0. The first-order chi connectivity index (χ1) is 12.6. The molecule has 2 aromatic heterocycles. The van der Waals surface area contributed by atoms with E-state index < -0.39 is 0 Å². The highest BCUT2D eigenvalue weighted by atomic mass is 16.1. The second-order valence-electron chi connectivity index (χ2n) is 9.25. The highest BCUT2D eigenvalue weighted by molar-refractivity contribution is 5.43. The quantitative estimate of drug-likeness (QED) is 0.868. The van der Waals surface area contributed by atoms with Crippen LogP contribution in [0.1, 0.15) is 69.9 Å². The lowest BCUT2D eigenvalue weighted by Gasteiger charge is -2.46. The molecular weight excluding hydrogens is 326 g/mol. The van der Waals surface area contributed by atoms with Crippen LogP contribution >= 0.6 is 0 Å². The molecule has 3 heterocycles. The van der Waals surface area contributed by atoms with Crippen LogP contribution in [0, 0.1) is 17.8 Å². The van der Waals surface area contributed by atoms with E-state index in [1.54, 1.807) is 6.20 Å². The Morgan fingerprint density at radius 3 is 2.96 bits per heavy atom. The molecule has 2 bridgehead atoms. The van der Waals surface area contributed by atoms with Crippen LogP contribution in [0.3, 0.4) is 0 Å². The van der Waals surface area contributed by atoms with Crippen molar-refractivity contribution in [1.29, 1.82) is 0 Å². The van der Waals surface area contributed by atoms with E-state index in [2.05, 4.69) is 24.1 Å². The summed E-state index contributed by atoms with van der Waals surface area (Å²) < 4.78 is 1.90. The molecule has 2 N–H and O–H groups in total. The lowest BCUT2D eigenvalue weighted by molar-refractivity contribution is 0.102. The molecule has 3 fully saturated rings. The van der Waals surface area contributed by atoms with Gasteiger partial charge in [-0.1, -0.05) is 26.7 Å². The van der Waals surface area contributed by atoms with Crippen LogP contribution in [-0.2, 0) is 5.41 Å². The Bertz CT molecular complexity index is 882. The number of rotatable bonds is 2. The summed E-state index contributed by atoms with van der Waals surface area (Å²) in [7, 11) is 0. The maximum absolute atomic E-state index is 12.7. The predicted molar refractivity (Wildman–Crippen MR) is 100 cm³/mol. The van der Waals surface area contributed by atoms with Crippen molar-refractivity contribution in [2.45, 2.75) is 63.7 Å². The van der Waals surface area contributed by atoms with Gasteiger partial charge >= 0.3 is 0 Å². The third-order valence-corrected chi connectivity index (χ3v) is 7.18. The predicted octanol–water partition coefficient (Wildman–Crippen LogP) is 2.60. The van der Waals surface area contributed by atoms with E-state index >= 15 is 0 Å². The lowest BCUT2D eigenvalue weighted by Crippen LogP contribution is -2.41. The molecule has 5 rings (SSSR count). The van der Waals surface area contributed by atoms with Crippen molar-refractivity contribution in [3.8, 4) is 0 Å². The molecule has 2 aromatic rings. The van der Waals surface area contributed by atoms with Crippen LogP contribution in [0.2, 0.25) is 0 Å². The summed E-state index contributed by atoms with van der Waals surface area (Å²) in [6.07, 6.45) is 9.26. The summed E-state index contributed by atoms with van der Waals surface area (Å²) >= 11 is 0. The zero-order valence-corrected chi connectivity index (χ0v) is 15.8. The molecule has 1 aliphatic heterocycles. The number of H-pyrrole nitrogens is 1. The number of nitrogens with one attached hydrogen (secondary N) is 2. The van der Waals surface area contributed by atoms with Crippen molar-refractivity contribution in [3.63, 3.8) is 0 Å². The molecule has 26 heavy (non-hydrogen) atoms. The monoisotopic (exact) mass is 355 g/mol. The van der Waals surface area contributed by atoms with Crippen molar-refractivity contribution in [3.05, 3.63) is 28.2 Å². The number of imidazole rings is 1. The van der Waals surface area contributed by atoms with E-state index in [0.717, 1.165) is 36.6 Å². The minimum atomic E-state index is -0.0551. The van der Waals surface area contributed by atoms with Gasteiger partial charge in [-0.2, -0.15) is 5.10 Å². The molecule has 2 aliphatic carbocycles. The molecule has 1 saturated heterocycles. The third-order valence-electron chi connectivity index (χ3n) is 7.18. The van der Waals surface area contributed by atoms with Gasteiger partial charge in [0.2, 0.25) is 0 Å². The topological polar surface area (TPSA) is 75.1 Å². The average Bonchev–Trinajstić information content (AvgIpc) is 3.20. The molecule has 6 heteroatoms. The van der Waals surface area contributed by atoms with Crippen LogP contribution < -0.4 is 10.9 Å². The maximum Gasteiger partial charge on any atom is 0.276 e. The Balaban J connectivity index is 1.64. The van der Waals surface area contributed by atoms with Crippen LogP contribution in [0.4, 0.5) is 0 Å². The summed E-state index contributed by atoms with van der Waals surface area (Å²) in [5.41, 5.74) is 0.641. The molecule has 5 atom stereocenters. The van der Waals surface area contributed by atoms with Gasteiger partial charge in [-0.15, -0.1) is 0 Å². The molecule has 140 valence electrons. The summed E-state index contributed by atoms with van der Waals surface area (Å²) in [6.45, 7) is 6.45. The Morgan fingerprint density at radius 1 is 1.27 bits per heavy atom. The minimum absolute atomic E-state index is 0.0551. The standard InChI is InChI=1S/C20H29N5O/c1-12-6-14-4-3-5-20(7-12,8-14)19-22-11-16-18(26)23-17(24-25(16)19)15-10-21-9-13(15)2/h11-15,21H,3-10H2,1-2H3,(H,23,24,26). The molecule has 0 aromatic carbocycles. The summed E-state index contributed by atoms with van der Waals surface area (Å²) in [4.78, 5) is 20.5. The molecule has 0 spiro atoms. The number of aromatic nitrogens is 4. The van der Waals surface area contributed by atoms with Crippen molar-refractivity contribution >= 4 is 5.52 Å². The molecule has 6 nitrogen and oxygen atoms in total. The number of hydrogen-bond donors (Lipinski definition) is 2. The molecule has 0 amide bonds. The van der Waals surface area contributed by atoms with E-state index in [-0.39, 0.29) is 16.9 Å². The van der Waals surface area contributed by atoms with Crippen molar-refractivity contribution in [2.24, 2.45) is 17.8 Å². The van der Waals surface area contributed by atoms with E-state index in [4.69, 9.17) is 10.1 Å². The van der Waals surface area contributed by atoms with Crippen LogP contribution in [0.25, 0.3) is 5.52 Å². The summed E-state index contributed by atoms with van der Waals surface area (Å²) in [5.74, 6) is 4.13. The lowest BCUT2D eigenvalue weighted by atomic mass is 9.59. The molecule has 0 radical (unpaired) electrons. The highest BCUT2D eigenvalue weighted by Gasteiger charge is 2.46. The fraction of sp³-hybridized carbons (Fsp3) is 0.750. The number of hydrogen-bond acceptors (Lipinski definition) is 4. The molecular formula is C20H29N5O. The van der Waals surface area contributed by atoms with E-state index in [1.807, 2.05) is 4.52 Å². The van der Waals surface area contributed by atoms with Gasteiger partial charge in [0.25, 0.3) is 5.56 Å². The van der Waals surface area contributed by atoms with Gasteiger partial charge in [-0.3, -0.25) is 4.79 Å². The van der Waals surface area contributed by atoms with Crippen molar-refractivity contribution in [1.82, 2.24) is 24.9 Å². The Kier molecular flexibility index (Phi) is 3.75. The average molecular weight is 355 g/mol. The number of fused-ring (bicyclic) bond motifs is 3. The van der Waals surface area contributed by atoms with Gasteiger partial charge in [0.1, 0.15) is 11.6 Å². The largest absolute Gasteiger partial charge is 0.316 e. The zero-order valence-electron chi connectivity index (χ0n) is 15.8. The van der Waals surface area contributed by atoms with Gasteiger partial charge < -0.3 is 10.3 Å². The van der Waals surface area contributed by atoms with Gasteiger partial charge in [0.05, 0.1) is 6.20 Å². The first-order valence-corrected chi connectivity index (χ1v) is 10.2. The first kappa shape index (κ1) is 16.5. The second-order valence-corrected chi connectivity index (χ2v) is 9.25. The first-order valence-electron chi connectivity index (χ1n) is 10.2. The molecule has 2 saturated carbocycles. The van der Waals surface area contributed by atoms with Crippen LogP contribution in [0.15, 0.2) is 11.0 Å². The normalized spacial score (nSPS) is 37.3. The van der Waals surface area contributed by atoms with Gasteiger partial charge in [-0.05, 0) is 50.0 Å². The van der Waals surface area contributed by atoms with E-state index in [0.29, 0.717) is 11.4 Å². The number of aromatic amines is 1. The third kappa shape index (κ3) is 2.45. The Hall–Kier alpha value is -1.69. The smallest absolute Gasteiger partial charge is 0.276 e. The fourth-order valence-electron chi connectivity index (χ4n) is 6.11. The molecule has 5 unspecified atom stereocenters. The Morgan fingerprint density at radius 2 is 2.15 bits per heavy atom. The van der Waals surface area contributed by atoms with Crippen molar-refractivity contribution in [2.75, 3.05) is 13.1 Å². The summed E-state index contributed by atoms with van der Waals surface area (Å²) in [5, 5.41) is 8.34. The van der Waals surface area contributed by atoms with Crippen LogP contribution in [-0.4, -0.2) is 32.7 Å². The molecule has 3 aliphatic rings. The zero-order chi connectivity index (χ0) is 17.9. The van der Waals surface area contributed by atoms with Gasteiger partial charge in [0.15, 0.2) is 5.52 Å². The number of nitrogens with zero attached hydrogens (tertiary/aromatic N) is 3. The maximum atomic E-state index is 12.7. The minimum Gasteiger partial charge on any atom is -0.316 e. The fourth-order valence-corrected chi connectivity index (χ4v) is 6.11. The second kappa shape index (κ2) is 5.91.